The van der Waals surface area contributed by atoms with E-state index in [9.17, 15) is 9.59 Å². The zero-order valence-corrected chi connectivity index (χ0v) is 15.6. The van der Waals surface area contributed by atoms with Crippen LogP contribution in [0.15, 0.2) is 48.5 Å². The summed E-state index contributed by atoms with van der Waals surface area (Å²) in [5, 5.41) is 8.29. The third-order valence-electron chi connectivity index (χ3n) is 3.64. The Kier molecular flexibility index (Phi) is 8.12. The van der Waals surface area contributed by atoms with Gasteiger partial charge in [0, 0.05) is 19.3 Å². The van der Waals surface area contributed by atoms with E-state index in [4.69, 9.17) is 9.47 Å². The third kappa shape index (κ3) is 6.99. The van der Waals surface area contributed by atoms with Crippen molar-refractivity contribution in [2.24, 2.45) is 0 Å². The molecule has 0 saturated heterocycles. The minimum absolute atomic E-state index is 0.0713. The van der Waals surface area contributed by atoms with Crippen LogP contribution in [-0.2, 0) is 16.0 Å². The number of hydrogen-bond acceptors (Lipinski definition) is 4. The van der Waals surface area contributed by atoms with E-state index >= 15 is 0 Å². The summed E-state index contributed by atoms with van der Waals surface area (Å²) in [6.45, 7) is 3.37. The minimum atomic E-state index is -0.368. The Labute approximate surface area is 159 Å². The van der Waals surface area contributed by atoms with Gasteiger partial charge in [0.15, 0.2) is 0 Å². The molecular weight excluding hydrogens is 346 g/mol. The number of urea groups is 1. The number of anilines is 2. The number of nitrogens with one attached hydrogen (secondary N) is 3. The van der Waals surface area contributed by atoms with Gasteiger partial charge in [-0.3, -0.25) is 4.79 Å². The minimum Gasteiger partial charge on any atom is -0.492 e. The molecule has 0 saturated carbocycles. The Morgan fingerprint density at radius 1 is 1.00 bits per heavy atom. The molecule has 0 radical (unpaired) electrons. The first-order valence-electron chi connectivity index (χ1n) is 8.76. The van der Waals surface area contributed by atoms with Gasteiger partial charge in [-0.2, -0.15) is 0 Å². The van der Waals surface area contributed by atoms with Gasteiger partial charge in [-0.05, 0) is 36.8 Å². The second-order valence-electron chi connectivity index (χ2n) is 5.72. The number of carbonyl (C=O) groups is 2. The van der Waals surface area contributed by atoms with Crippen LogP contribution in [0.5, 0.6) is 5.75 Å². The molecule has 0 aromatic heterocycles. The maximum Gasteiger partial charge on any atom is 0.323 e. The van der Waals surface area contributed by atoms with Crippen LogP contribution in [0, 0.1) is 0 Å². The highest BCUT2D eigenvalue weighted by molar-refractivity contribution is 6.00. The van der Waals surface area contributed by atoms with Crippen molar-refractivity contribution in [2.45, 2.75) is 13.3 Å². The number of ether oxygens (including phenoxy) is 2. The van der Waals surface area contributed by atoms with Crippen molar-refractivity contribution in [3.05, 3.63) is 54.1 Å². The van der Waals surface area contributed by atoms with Gasteiger partial charge in [0.1, 0.15) is 5.75 Å². The van der Waals surface area contributed by atoms with Gasteiger partial charge in [-0.25, -0.2) is 4.79 Å². The zero-order valence-electron chi connectivity index (χ0n) is 15.6. The summed E-state index contributed by atoms with van der Waals surface area (Å²) in [7, 11) is 1.59. The number of hydrogen-bond donors (Lipinski definition) is 3. The van der Waals surface area contributed by atoms with E-state index in [0.29, 0.717) is 36.9 Å². The predicted molar refractivity (Wildman–Crippen MR) is 105 cm³/mol. The van der Waals surface area contributed by atoms with Gasteiger partial charge < -0.3 is 25.4 Å². The number of rotatable bonds is 9. The molecule has 0 atom stereocenters. The molecule has 0 aliphatic heterocycles. The monoisotopic (exact) mass is 371 g/mol. The van der Waals surface area contributed by atoms with Crippen LogP contribution in [0.4, 0.5) is 16.2 Å². The molecule has 0 bridgehead atoms. The first kappa shape index (κ1) is 20.3. The Hall–Kier alpha value is -3.06. The van der Waals surface area contributed by atoms with Crippen molar-refractivity contribution in [3.8, 4) is 5.75 Å². The molecule has 144 valence electrons. The lowest BCUT2D eigenvalue weighted by Gasteiger charge is -2.12. The molecule has 7 heteroatoms. The molecule has 0 aliphatic carbocycles. The maximum absolute atomic E-state index is 12.2. The average molecular weight is 371 g/mol. The largest absolute Gasteiger partial charge is 0.492 e. The highest BCUT2D eigenvalue weighted by Crippen LogP contribution is 2.23. The Morgan fingerprint density at radius 2 is 1.74 bits per heavy atom. The molecule has 0 aliphatic rings. The first-order chi connectivity index (χ1) is 13.1. The SMILES string of the molecule is CCOc1ccccc1NC(=O)Nc1ccc(CC(=O)NCCOC)cc1. The summed E-state index contributed by atoms with van der Waals surface area (Å²) in [6, 6.07) is 14.0. The predicted octanol–water partition coefficient (Wildman–Crippen LogP) is 3.03. The molecular formula is C20H25N3O4. The van der Waals surface area contributed by atoms with Crippen LogP contribution < -0.4 is 20.7 Å². The number of para-hydroxylation sites is 2. The third-order valence-corrected chi connectivity index (χ3v) is 3.64. The number of amides is 3. The van der Waals surface area contributed by atoms with Crippen LogP contribution >= 0.6 is 0 Å². The normalized spacial score (nSPS) is 10.1. The average Bonchev–Trinajstić information content (AvgIpc) is 2.65. The van der Waals surface area contributed by atoms with E-state index < -0.39 is 0 Å². The molecule has 3 amide bonds. The Balaban J connectivity index is 1.87. The fourth-order valence-corrected chi connectivity index (χ4v) is 2.38. The van der Waals surface area contributed by atoms with E-state index in [0.717, 1.165) is 5.56 Å². The number of benzene rings is 2. The van der Waals surface area contributed by atoms with Gasteiger partial charge in [-0.15, -0.1) is 0 Å². The Bertz CT molecular complexity index is 747. The van der Waals surface area contributed by atoms with Crippen LogP contribution in [0.1, 0.15) is 12.5 Å². The lowest BCUT2D eigenvalue weighted by Crippen LogP contribution is -2.28. The van der Waals surface area contributed by atoms with E-state index in [1.54, 1.807) is 43.5 Å². The molecule has 27 heavy (non-hydrogen) atoms. The molecule has 0 fully saturated rings. The molecule has 0 spiro atoms. The standard InChI is InChI=1S/C20H25N3O4/c1-3-27-18-7-5-4-6-17(18)23-20(25)22-16-10-8-15(9-11-16)14-19(24)21-12-13-26-2/h4-11H,3,12-14H2,1-2H3,(H,21,24)(H2,22,23,25). The van der Waals surface area contributed by atoms with E-state index in [2.05, 4.69) is 16.0 Å². The number of carbonyl (C=O) groups excluding carboxylic acids is 2. The van der Waals surface area contributed by atoms with Gasteiger partial charge >= 0.3 is 6.03 Å². The van der Waals surface area contributed by atoms with Crippen molar-refractivity contribution >= 4 is 23.3 Å². The Morgan fingerprint density at radius 3 is 2.44 bits per heavy atom. The second kappa shape index (κ2) is 10.8. The quantitative estimate of drug-likeness (QED) is 0.591. The lowest BCUT2D eigenvalue weighted by atomic mass is 10.1. The van der Waals surface area contributed by atoms with Gasteiger partial charge in [0.2, 0.25) is 5.91 Å². The van der Waals surface area contributed by atoms with Gasteiger partial charge in [0.05, 0.1) is 25.3 Å². The molecule has 7 nitrogen and oxygen atoms in total. The highest BCUT2D eigenvalue weighted by Gasteiger charge is 2.08. The van der Waals surface area contributed by atoms with Crippen molar-refractivity contribution in [3.63, 3.8) is 0 Å². The van der Waals surface area contributed by atoms with Crippen LogP contribution in [0.25, 0.3) is 0 Å². The van der Waals surface area contributed by atoms with Crippen LogP contribution in [-0.4, -0.2) is 38.8 Å². The summed E-state index contributed by atoms with van der Waals surface area (Å²) in [5.74, 6) is 0.544. The summed E-state index contributed by atoms with van der Waals surface area (Å²) < 4.78 is 10.4. The zero-order chi connectivity index (χ0) is 19.5. The van der Waals surface area contributed by atoms with Gasteiger partial charge in [0.25, 0.3) is 0 Å². The van der Waals surface area contributed by atoms with Crippen molar-refractivity contribution in [2.75, 3.05) is 37.5 Å². The smallest absolute Gasteiger partial charge is 0.323 e. The number of methoxy groups -OCH3 is 1. The highest BCUT2D eigenvalue weighted by atomic mass is 16.5. The fourth-order valence-electron chi connectivity index (χ4n) is 2.38. The molecule has 2 aromatic rings. The summed E-state index contributed by atoms with van der Waals surface area (Å²) in [5.41, 5.74) is 2.09. The van der Waals surface area contributed by atoms with Crippen molar-refractivity contribution < 1.29 is 19.1 Å². The fraction of sp³-hybridized carbons (Fsp3) is 0.300. The maximum atomic E-state index is 12.2. The molecule has 0 unspecified atom stereocenters. The van der Waals surface area contributed by atoms with Crippen molar-refractivity contribution in [1.82, 2.24) is 5.32 Å². The summed E-state index contributed by atoms with van der Waals surface area (Å²) in [4.78, 5) is 24.0. The molecule has 3 N–H and O–H groups in total. The second-order valence-corrected chi connectivity index (χ2v) is 5.72. The molecule has 2 aromatic carbocycles. The summed E-state index contributed by atoms with van der Waals surface area (Å²) >= 11 is 0. The molecule has 2 rings (SSSR count). The van der Waals surface area contributed by atoms with Gasteiger partial charge in [-0.1, -0.05) is 24.3 Å². The van der Waals surface area contributed by atoms with E-state index in [1.807, 2.05) is 19.1 Å². The van der Waals surface area contributed by atoms with Crippen molar-refractivity contribution in [1.29, 1.82) is 0 Å². The lowest BCUT2D eigenvalue weighted by molar-refractivity contribution is -0.120. The molecule has 0 heterocycles. The first-order valence-corrected chi connectivity index (χ1v) is 8.76. The van der Waals surface area contributed by atoms with Crippen LogP contribution in [0.3, 0.4) is 0 Å². The van der Waals surface area contributed by atoms with E-state index in [-0.39, 0.29) is 18.4 Å². The van der Waals surface area contributed by atoms with E-state index in [1.165, 1.54) is 0 Å². The topological polar surface area (TPSA) is 88.7 Å². The summed E-state index contributed by atoms with van der Waals surface area (Å²) in [6.07, 6.45) is 0.276. The van der Waals surface area contributed by atoms with Crippen LogP contribution in [0.2, 0.25) is 0 Å².